The zero-order valence-electron chi connectivity index (χ0n) is 8.46. The molecular formula is C12H11NO2S. The van der Waals surface area contributed by atoms with Gasteiger partial charge in [0.2, 0.25) is 0 Å². The highest BCUT2D eigenvalue weighted by atomic mass is 32.2. The van der Waals surface area contributed by atoms with Crippen molar-refractivity contribution in [2.45, 2.75) is 10.2 Å². The third-order valence-corrected chi connectivity index (χ3v) is 3.90. The quantitative estimate of drug-likeness (QED) is 0.605. The lowest BCUT2D eigenvalue weighted by Gasteiger charge is -2.12. The highest BCUT2D eigenvalue weighted by molar-refractivity contribution is 8.08. The van der Waals surface area contributed by atoms with Crippen LogP contribution in [0.5, 0.6) is 5.75 Å². The van der Waals surface area contributed by atoms with Crippen LogP contribution < -0.4 is 10.5 Å². The summed E-state index contributed by atoms with van der Waals surface area (Å²) in [5, 5.41) is 9.91. The largest absolute Gasteiger partial charge is 0.460 e. The van der Waals surface area contributed by atoms with Crippen molar-refractivity contribution in [1.82, 2.24) is 0 Å². The van der Waals surface area contributed by atoms with Gasteiger partial charge in [0.1, 0.15) is 21.7 Å². The van der Waals surface area contributed by atoms with E-state index < -0.39 is 4.93 Å². The number of hydrogen-bond donors (Lipinski definition) is 2. The SMILES string of the molecule is Nc1cccc(OC2=CC=CC3(O)SC23)c1. The number of benzene rings is 1. The van der Waals surface area contributed by atoms with Gasteiger partial charge in [-0.25, -0.2) is 0 Å². The predicted octanol–water partition coefficient (Wildman–Crippen LogP) is 1.91. The van der Waals surface area contributed by atoms with Gasteiger partial charge in [-0.2, -0.15) is 0 Å². The van der Waals surface area contributed by atoms with Crippen molar-refractivity contribution in [3.05, 3.63) is 48.3 Å². The predicted molar refractivity (Wildman–Crippen MR) is 65.0 cm³/mol. The molecule has 1 aliphatic heterocycles. The van der Waals surface area contributed by atoms with Gasteiger partial charge in [0, 0.05) is 11.8 Å². The molecule has 1 heterocycles. The third-order valence-electron chi connectivity index (χ3n) is 2.57. The molecule has 4 heteroatoms. The Balaban J connectivity index is 1.81. The fourth-order valence-electron chi connectivity index (χ4n) is 1.71. The van der Waals surface area contributed by atoms with E-state index in [4.69, 9.17) is 10.5 Å². The van der Waals surface area contributed by atoms with Crippen LogP contribution in [0.4, 0.5) is 5.69 Å². The molecule has 0 spiro atoms. The minimum atomic E-state index is -0.746. The molecule has 2 aliphatic rings. The van der Waals surface area contributed by atoms with Crippen LogP contribution >= 0.6 is 11.8 Å². The van der Waals surface area contributed by atoms with Crippen LogP contribution in [0.1, 0.15) is 0 Å². The number of allylic oxidation sites excluding steroid dienone is 2. The van der Waals surface area contributed by atoms with E-state index in [2.05, 4.69) is 0 Å². The molecule has 0 aromatic heterocycles. The van der Waals surface area contributed by atoms with Gasteiger partial charge in [0.15, 0.2) is 0 Å². The molecule has 1 aromatic carbocycles. The van der Waals surface area contributed by atoms with Crippen LogP contribution in [0.15, 0.2) is 48.3 Å². The molecule has 0 bridgehead atoms. The van der Waals surface area contributed by atoms with Crippen LogP contribution in [0.3, 0.4) is 0 Å². The summed E-state index contributed by atoms with van der Waals surface area (Å²) in [5.74, 6) is 1.48. The first kappa shape index (κ1) is 9.81. The average Bonchev–Trinajstić information content (AvgIpc) is 2.91. The molecule has 3 N–H and O–H groups in total. The molecule has 0 amide bonds. The van der Waals surface area contributed by atoms with Gasteiger partial charge in [0.05, 0.1) is 0 Å². The van der Waals surface area contributed by atoms with Crippen molar-refractivity contribution in [1.29, 1.82) is 0 Å². The van der Waals surface area contributed by atoms with Crippen molar-refractivity contribution in [2.24, 2.45) is 0 Å². The van der Waals surface area contributed by atoms with Crippen molar-refractivity contribution in [3.63, 3.8) is 0 Å². The van der Waals surface area contributed by atoms with E-state index in [1.807, 2.05) is 30.4 Å². The zero-order chi connectivity index (χ0) is 11.2. The number of ether oxygens (including phenoxy) is 1. The Morgan fingerprint density at radius 1 is 1.44 bits per heavy atom. The molecule has 82 valence electrons. The molecule has 1 aromatic rings. The first-order chi connectivity index (χ1) is 7.67. The Morgan fingerprint density at radius 2 is 2.31 bits per heavy atom. The number of nitrogens with two attached hydrogens (primary N) is 1. The number of anilines is 1. The normalized spacial score (nSPS) is 30.6. The topological polar surface area (TPSA) is 55.5 Å². The van der Waals surface area contributed by atoms with Crippen molar-refractivity contribution < 1.29 is 9.84 Å². The molecule has 0 radical (unpaired) electrons. The molecule has 3 rings (SSSR count). The van der Waals surface area contributed by atoms with Crippen LogP contribution in [0.25, 0.3) is 0 Å². The van der Waals surface area contributed by atoms with Gasteiger partial charge in [-0.3, -0.25) is 0 Å². The molecule has 0 saturated carbocycles. The molecule has 1 aliphatic carbocycles. The fourth-order valence-corrected chi connectivity index (χ4v) is 2.62. The van der Waals surface area contributed by atoms with E-state index in [0.29, 0.717) is 11.4 Å². The van der Waals surface area contributed by atoms with E-state index in [-0.39, 0.29) is 5.25 Å². The van der Waals surface area contributed by atoms with Gasteiger partial charge < -0.3 is 15.6 Å². The second kappa shape index (κ2) is 3.30. The standard InChI is InChI=1S/C12H11NO2S/c13-8-3-1-4-9(7-8)15-10-5-2-6-12(14)11(10)16-12/h1-7,11,14H,13H2. The maximum atomic E-state index is 9.88. The maximum absolute atomic E-state index is 9.88. The second-order valence-corrected chi connectivity index (χ2v) is 5.21. The lowest BCUT2D eigenvalue weighted by Crippen LogP contribution is -2.17. The van der Waals surface area contributed by atoms with E-state index in [1.165, 1.54) is 11.8 Å². The van der Waals surface area contributed by atoms with Crippen LogP contribution in [-0.4, -0.2) is 15.3 Å². The van der Waals surface area contributed by atoms with E-state index in [1.54, 1.807) is 12.1 Å². The molecule has 16 heavy (non-hydrogen) atoms. The van der Waals surface area contributed by atoms with Gasteiger partial charge in [-0.05, 0) is 24.3 Å². The lowest BCUT2D eigenvalue weighted by atomic mass is 10.1. The van der Waals surface area contributed by atoms with Gasteiger partial charge in [0.25, 0.3) is 0 Å². The number of rotatable bonds is 2. The maximum Gasteiger partial charge on any atom is 0.149 e. The van der Waals surface area contributed by atoms with Crippen molar-refractivity contribution in [2.75, 3.05) is 5.73 Å². The Morgan fingerprint density at radius 3 is 3.12 bits per heavy atom. The number of thioether (sulfide) groups is 1. The Labute approximate surface area is 97.6 Å². The molecular weight excluding hydrogens is 222 g/mol. The Hall–Kier alpha value is -1.39. The number of fused-ring (bicyclic) bond motifs is 1. The summed E-state index contributed by atoms with van der Waals surface area (Å²) in [4.78, 5) is -0.746. The number of nitrogen functional groups attached to an aromatic ring is 1. The van der Waals surface area contributed by atoms with Crippen LogP contribution in [-0.2, 0) is 0 Å². The average molecular weight is 233 g/mol. The monoisotopic (exact) mass is 233 g/mol. The van der Waals surface area contributed by atoms with Crippen LogP contribution in [0.2, 0.25) is 0 Å². The number of hydrogen-bond acceptors (Lipinski definition) is 4. The highest BCUT2D eigenvalue weighted by Crippen LogP contribution is 2.57. The molecule has 3 nitrogen and oxygen atoms in total. The molecule has 2 atom stereocenters. The Bertz CT molecular complexity index is 498. The second-order valence-electron chi connectivity index (χ2n) is 3.85. The highest BCUT2D eigenvalue weighted by Gasteiger charge is 2.57. The first-order valence-electron chi connectivity index (χ1n) is 5.00. The van der Waals surface area contributed by atoms with Crippen molar-refractivity contribution in [3.8, 4) is 5.75 Å². The van der Waals surface area contributed by atoms with Crippen LogP contribution in [0, 0.1) is 0 Å². The van der Waals surface area contributed by atoms with Gasteiger partial charge >= 0.3 is 0 Å². The molecule has 2 unspecified atom stereocenters. The fraction of sp³-hybridized carbons (Fsp3) is 0.167. The Kier molecular flexibility index (Phi) is 2.02. The zero-order valence-corrected chi connectivity index (χ0v) is 9.28. The third kappa shape index (κ3) is 1.60. The van der Waals surface area contributed by atoms with Gasteiger partial charge in [-0.15, -0.1) is 11.8 Å². The van der Waals surface area contributed by atoms with E-state index >= 15 is 0 Å². The van der Waals surface area contributed by atoms with Gasteiger partial charge in [-0.1, -0.05) is 12.1 Å². The summed E-state index contributed by atoms with van der Waals surface area (Å²) in [5.41, 5.74) is 6.34. The van der Waals surface area contributed by atoms with E-state index in [9.17, 15) is 5.11 Å². The summed E-state index contributed by atoms with van der Waals surface area (Å²) in [6, 6.07) is 7.27. The minimum absolute atomic E-state index is 0.0268. The minimum Gasteiger partial charge on any atom is -0.460 e. The summed E-state index contributed by atoms with van der Waals surface area (Å²) in [7, 11) is 0. The smallest absolute Gasteiger partial charge is 0.149 e. The first-order valence-corrected chi connectivity index (χ1v) is 5.88. The summed E-state index contributed by atoms with van der Waals surface area (Å²) in [6.07, 6.45) is 5.48. The summed E-state index contributed by atoms with van der Waals surface area (Å²) < 4.78 is 5.70. The molecule has 1 saturated heterocycles. The summed E-state index contributed by atoms with van der Waals surface area (Å²) >= 11 is 1.48. The van der Waals surface area contributed by atoms with Crippen molar-refractivity contribution >= 4 is 17.4 Å². The summed E-state index contributed by atoms with van der Waals surface area (Å²) in [6.45, 7) is 0. The number of aliphatic hydroxyl groups is 1. The lowest BCUT2D eigenvalue weighted by molar-refractivity contribution is 0.212. The van der Waals surface area contributed by atoms with E-state index in [0.717, 1.165) is 5.76 Å². The molecule has 1 fully saturated rings.